The molecule has 1 heterocycles. The number of rotatable bonds is 7. The molecule has 1 fully saturated rings. The molecule has 1 unspecified atom stereocenters. The zero-order valence-corrected chi connectivity index (χ0v) is 14.0. The van der Waals surface area contributed by atoms with E-state index in [1.165, 1.54) is 24.8 Å². The largest absolute Gasteiger partial charge is 0.340 e. The monoisotopic (exact) mass is 302 g/mol. The second-order valence-corrected chi connectivity index (χ2v) is 6.60. The summed E-state index contributed by atoms with van der Waals surface area (Å²) in [5.74, 6) is 1.09. The SMILES string of the molecule is CCCCC(CC)CC(=O)N1C[C@@H](N)[C@H](c2ccccc2)C1. The highest BCUT2D eigenvalue weighted by Gasteiger charge is 2.34. The average molecular weight is 302 g/mol. The summed E-state index contributed by atoms with van der Waals surface area (Å²) < 4.78 is 0. The van der Waals surface area contributed by atoms with Gasteiger partial charge in [-0.15, -0.1) is 0 Å². The Kier molecular flexibility index (Phi) is 6.44. The summed E-state index contributed by atoms with van der Waals surface area (Å²) in [5, 5.41) is 0. The number of carbonyl (C=O) groups is 1. The van der Waals surface area contributed by atoms with Gasteiger partial charge in [0.05, 0.1) is 0 Å². The van der Waals surface area contributed by atoms with Gasteiger partial charge in [0.1, 0.15) is 0 Å². The van der Waals surface area contributed by atoms with Crippen molar-refractivity contribution in [1.82, 2.24) is 4.90 Å². The van der Waals surface area contributed by atoms with E-state index in [2.05, 4.69) is 26.0 Å². The Balaban J connectivity index is 1.92. The van der Waals surface area contributed by atoms with Crippen molar-refractivity contribution in [3.63, 3.8) is 0 Å². The number of nitrogens with zero attached hydrogens (tertiary/aromatic N) is 1. The van der Waals surface area contributed by atoms with Crippen molar-refractivity contribution in [3.8, 4) is 0 Å². The van der Waals surface area contributed by atoms with Crippen molar-refractivity contribution in [2.75, 3.05) is 13.1 Å². The van der Waals surface area contributed by atoms with E-state index in [4.69, 9.17) is 5.73 Å². The summed E-state index contributed by atoms with van der Waals surface area (Å²) in [6.45, 7) is 5.87. The standard InChI is InChI=1S/C19H30N2O/c1-3-5-9-15(4-2)12-19(22)21-13-17(18(20)14-21)16-10-7-6-8-11-16/h6-8,10-11,15,17-18H,3-5,9,12-14,20H2,1-2H3/t15?,17-,18+/m0/s1. The minimum Gasteiger partial charge on any atom is -0.340 e. The number of carbonyl (C=O) groups excluding carboxylic acids is 1. The Morgan fingerprint density at radius 1 is 1.27 bits per heavy atom. The number of amides is 1. The second-order valence-electron chi connectivity index (χ2n) is 6.60. The van der Waals surface area contributed by atoms with E-state index in [-0.39, 0.29) is 17.9 Å². The molecule has 1 aromatic carbocycles. The van der Waals surface area contributed by atoms with Crippen molar-refractivity contribution < 1.29 is 4.79 Å². The first-order valence-electron chi connectivity index (χ1n) is 8.74. The van der Waals surface area contributed by atoms with Crippen molar-refractivity contribution in [2.45, 2.75) is 57.9 Å². The lowest BCUT2D eigenvalue weighted by atomic mass is 9.95. The van der Waals surface area contributed by atoms with Crippen LogP contribution in [0.25, 0.3) is 0 Å². The lowest BCUT2D eigenvalue weighted by molar-refractivity contribution is -0.131. The molecule has 3 heteroatoms. The van der Waals surface area contributed by atoms with Gasteiger partial charge in [-0.25, -0.2) is 0 Å². The highest BCUT2D eigenvalue weighted by molar-refractivity contribution is 5.77. The van der Waals surface area contributed by atoms with E-state index < -0.39 is 0 Å². The van der Waals surface area contributed by atoms with Gasteiger partial charge in [0.2, 0.25) is 5.91 Å². The van der Waals surface area contributed by atoms with Crippen molar-refractivity contribution in [2.24, 2.45) is 11.7 Å². The summed E-state index contributed by atoms with van der Waals surface area (Å²) in [6.07, 6.45) is 5.37. The van der Waals surface area contributed by atoms with Crippen molar-refractivity contribution >= 4 is 5.91 Å². The molecule has 3 atom stereocenters. The summed E-state index contributed by atoms with van der Waals surface area (Å²) in [5.41, 5.74) is 7.54. The van der Waals surface area contributed by atoms with Crippen LogP contribution < -0.4 is 5.73 Å². The Hall–Kier alpha value is -1.35. The molecule has 0 saturated carbocycles. The zero-order chi connectivity index (χ0) is 15.9. The Morgan fingerprint density at radius 3 is 2.64 bits per heavy atom. The van der Waals surface area contributed by atoms with Gasteiger partial charge >= 0.3 is 0 Å². The zero-order valence-electron chi connectivity index (χ0n) is 14.0. The highest BCUT2D eigenvalue weighted by Crippen LogP contribution is 2.28. The molecule has 2 N–H and O–H groups in total. The van der Waals surface area contributed by atoms with Gasteiger partial charge in [0.25, 0.3) is 0 Å². The fourth-order valence-electron chi connectivity index (χ4n) is 3.40. The molecule has 1 amide bonds. The van der Waals surface area contributed by atoms with Gasteiger partial charge in [-0.2, -0.15) is 0 Å². The molecule has 0 bridgehead atoms. The van der Waals surface area contributed by atoms with E-state index in [0.29, 0.717) is 18.9 Å². The third-order valence-electron chi connectivity index (χ3n) is 4.95. The molecule has 1 saturated heterocycles. The molecule has 0 radical (unpaired) electrons. The molecule has 122 valence electrons. The highest BCUT2D eigenvalue weighted by atomic mass is 16.2. The first-order valence-corrected chi connectivity index (χ1v) is 8.74. The summed E-state index contributed by atoms with van der Waals surface area (Å²) >= 11 is 0. The number of nitrogens with two attached hydrogens (primary N) is 1. The summed E-state index contributed by atoms with van der Waals surface area (Å²) in [6, 6.07) is 10.4. The van der Waals surface area contributed by atoms with Crippen molar-refractivity contribution in [1.29, 1.82) is 0 Å². The van der Waals surface area contributed by atoms with Crippen LogP contribution in [0, 0.1) is 5.92 Å². The molecule has 0 spiro atoms. The number of hydrogen-bond acceptors (Lipinski definition) is 2. The predicted octanol–water partition coefficient (Wildman–Crippen LogP) is 3.55. The first-order chi connectivity index (χ1) is 10.7. The van der Waals surface area contributed by atoms with Crippen LogP contribution in [0.5, 0.6) is 0 Å². The minimum atomic E-state index is 0.0575. The third kappa shape index (κ3) is 4.33. The smallest absolute Gasteiger partial charge is 0.222 e. The van der Waals surface area contributed by atoms with Crippen molar-refractivity contribution in [3.05, 3.63) is 35.9 Å². The van der Waals surface area contributed by atoms with Gasteiger partial charge in [-0.05, 0) is 17.9 Å². The van der Waals surface area contributed by atoms with E-state index in [1.54, 1.807) is 0 Å². The normalized spacial score (nSPS) is 22.8. The Morgan fingerprint density at radius 2 is 2.00 bits per heavy atom. The quantitative estimate of drug-likeness (QED) is 0.837. The lowest BCUT2D eigenvalue weighted by Gasteiger charge is -2.20. The molecular formula is C19H30N2O. The van der Waals surface area contributed by atoms with Crippen LogP contribution in [-0.2, 0) is 4.79 Å². The minimum absolute atomic E-state index is 0.0575. The number of benzene rings is 1. The van der Waals surface area contributed by atoms with E-state index in [0.717, 1.165) is 13.0 Å². The van der Waals surface area contributed by atoms with Crippen LogP contribution in [0.3, 0.4) is 0 Å². The van der Waals surface area contributed by atoms with Gasteiger partial charge in [0.15, 0.2) is 0 Å². The predicted molar refractivity (Wildman–Crippen MR) is 91.7 cm³/mol. The fraction of sp³-hybridized carbons (Fsp3) is 0.632. The van der Waals surface area contributed by atoms with E-state index >= 15 is 0 Å². The molecule has 1 aliphatic rings. The summed E-state index contributed by atoms with van der Waals surface area (Å²) in [7, 11) is 0. The molecule has 0 aliphatic carbocycles. The maximum absolute atomic E-state index is 12.6. The molecule has 22 heavy (non-hydrogen) atoms. The van der Waals surface area contributed by atoms with Gasteiger partial charge < -0.3 is 10.6 Å². The maximum Gasteiger partial charge on any atom is 0.222 e. The molecule has 1 aromatic rings. The van der Waals surface area contributed by atoms with Gasteiger partial charge in [-0.1, -0.05) is 63.4 Å². The molecule has 2 rings (SSSR count). The van der Waals surface area contributed by atoms with Gasteiger partial charge in [0, 0.05) is 31.5 Å². The first kappa shape index (κ1) is 17.0. The third-order valence-corrected chi connectivity index (χ3v) is 4.95. The van der Waals surface area contributed by atoms with Crippen LogP contribution in [0.1, 0.15) is 57.4 Å². The molecular weight excluding hydrogens is 272 g/mol. The Labute approximate surface area is 134 Å². The van der Waals surface area contributed by atoms with Crippen LogP contribution in [-0.4, -0.2) is 29.9 Å². The maximum atomic E-state index is 12.6. The Bertz CT molecular complexity index is 460. The fourth-order valence-corrected chi connectivity index (χ4v) is 3.40. The summed E-state index contributed by atoms with van der Waals surface area (Å²) in [4.78, 5) is 14.6. The topological polar surface area (TPSA) is 46.3 Å². The number of unbranched alkanes of at least 4 members (excludes halogenated alkanes) is 1. The van der Waals surface area contributed by atoms with Crippen LogP contribution in [0.4, 0.5) is 0 Å². The molecule has 1 aliphatic heterocycles. The van der Waals surface area contributed by atoms with Gasteiger partial charge in [-0.3, -0.25) is 4.79 Å². The van der Waals surface area contributed by atoms with E-state index in [1.807, 2.05) is 23.1 Å². The van der Waals surface area contributed by atoms with Crippen LogP contribution in [0.2, 0.25) is 0 Å². The number of hydrogen-bond donors (Lipinski definition) is 1. The van der Waals surface area contributed by atoms with E-state index in [9.17, 15) is 4.79 Å². The number of likely N-dealkylation sites (tertiary alicyclic amines) is 1. The van der Waals surface area contributed by atoms with Crippen LogP contribution >= 0.6 is 0 Å². The molecule has 3 nitrogen and oxygen atoms in total. The second kappa shape index (κ2) is 8.33. The van der Waals surface area contributed by atoms with Crippen LogP contribution in [0.15, 0.2) is 30.3 Å². The average Bonchev–Trinajstić information content (AvgIpc) is 2.94. The lowest BCUT2D eigenvalue weighted by Crippen LogP contribution is -2.33. The molecule has 0 aromatic heterocycles.